The summed E-state index contributed by atoms with van der Waals surface area (Å²) in [5, 5.41) is 4.02. The van der Waals surface area contributed by atoms with Crippen molar-refractivity contribution in [2.45, 2.75) is 25.7 Å². The summed E-state index contributed by atoms with van der Waals surface area (Å²) in [6, 6.07) is 14.2. The maximum absolute atomic E-state index is 12.8. The number of fused-ring (bicyclic) bond motifs is 2. The lowest BCUT2D eigenvalue weighted by Gasteiger charge is -2.34. The van der Waals surface area contributed by atoms with Gasteiger partial charge in [0, 0.05) is 43.3 Å². The average Bonchev–Trinajstić information content (AvgIpc) is 3.48. The first-order chi connectivity index (χ1) is 16.2. The van der Waals surface area contributed by atoms with Crippen LogP contribution in [0.25, 0.3) is 10.9 Å². The van der Waals surface area contributed by atoms with E-state index in [2.05, 4.69) is 22.4 Å². The van der Waals surface area contributed by atoms with Crippen LogP contribution in [0.1, 0.15) is 23.1 Å². The molecule has 1 aromatic heterocycles. The Balaban J connectivity index is 1.03. The van der Waals surface area contributed by atoms with E-state index in [1.165, 1.54) is 17.5 Å². The lowest BCUT2D eigenvalue weighted by Crippen LogP contribution is -2.53. The largest absolute Gasteiger partial charge is 0.492 e. The highest BCUT2D eigenvalue weighted by Gasteiger charge is 2.24. The predicted molar refractivity (Wildman–Crippen MR) is 128 cm³/mol. The summed E-state index contributed by atoms with van der Waals surface area (Å²) in [5.41, 5.74) is 4.87. The molecule has 2 aliphatic rings. The number of aromatic nitrogens is 1. The smallest absolute Gasteiger partial charge is 0.317 e. The minimum atomic E-state index is -0.101. The van der Waals surface area contributed by atoms with Crippen molar-refractivity contribution >= 4 is 22.8 Å². The molecule has 172 valence electrons. The zero-order chi connectivity index (χ0) is 22.6. The summed E-state index contributed by atoms with van der Waals surface area (Å²) >= 11 is 0. The minimum absolute atomic E-state index is 0.0996. The number of rotatable bonds is 6. The van der Waals surface area contributed by atoms with Gasteiger partial charge in [-0.15, -0.1) is 0 Å². The Morgan fingerprint density at radius 3 is 2.64 bits per heavy atom. The highest BCUT2D eigenvalue weighted by Crippen LogP contribution is 2.26. The molecule has 0 atom stereocenters. The third-order valence-electron chi connectivity index (χ3n) is 6.65. The molecule has 2 aromatic carbocycles. The van der Waals surface area contributed by atoms with E-state index in [9.17, 15) is 9.59 Å². The number of amides is 3. The molecule has 1 aliphatic heterocycles. The quantitative estimate of drug-likeness (QED) is 0.571. The van der Waals surface area contributed by atoms with E-state index in [0.717, 1.165) is 35.1 Å². The fraction of sp³-hybridized carbons (Fsp3) is 0.385. The van der Waals surface area contributed by atoms with Gasteiger partial charge in [-0.05, 0) is 54.2 Å². The second-order valence-electron chi connectivity index (χ2n) is 8.77. The fourth-order valence-corrected chi connectivity index (χ4v) is 4.79. The second kappa shape index (κ2) is 9.57. The number of carbonyl (C=O) groups is 2. The van der Waals surface area contributed by atoms with Gasteiger partial charge in [0.25, 0.3) is 0 Å². The summed E-state index contributed by atoms with van der Waals surface area (Å²) in [7, 11) is 0. The van der Waals surface area contributed by atoms with Gasteiger partial charge in [0.05, 0.1) is 13.0 Å². The van der Waals surface area contributed by atoms with Crippen molar-refractivity contribution in [3.05, 3.63) is 65.4 Å². The lowest BCUT2D eigenvalue weighted by molar-refractivity contribution is -0.131. The van der Waals surface area contributed by atoms with Crippen molar-refractivity contribution < 1.29 is 14.3 Å². The molecular weight excluding hydrogens is 416 g/mol. The predicted octanol–water partition coefficient (Wildman–Crippen LogP) is 3.13. The first kappa shape index (κ1) is 21.4. The SMILES string of the molecule is O=C(Cc1c[nH]c2ccccc12)N1CCN(C(=O)NCCOc2ccc3c(c2)CCC3)CC1. The van der Waals surface area contributed by atoms with Gasteiger partial charge in [-0.3, -0.25) is 4.79 Å². The fourth-order valence-electron chi connectivity index (χ4n) is 4.79. The summed E-state index contributed by atoms with van der Waals surface area (Å²) < 4.78 is 5.81. The highest BCUT2D eigenvalue weighted by atomic mass is 16.5. The topological polar surface area (TPSA) is 77.7 Å². The number of nitrogens with zero attached hydrogens (tertiary/aromatic N) is 2. The molecule has 33 heavy (non-hydrogen) atoms. The van der Waals surface area contributed by atoms with Crippen LogP contribution in [-0.4, -0.2) is 66.1 Å². The van der Waals surface area contributed by atoms with Gasteiger partial charge in [0.1, 0.15) is 12.4 Å². The molecule has 2 N–H and O–H groups in total. The van der Waals surface area contributed by atoms with E-state index in [-0.39, 0.29) is 11.9 Å². The summed E-state index contributed by atoms with van der Waals surface area (Å²) in [6.07, 6.45) is 5.79. The van der Waals surface area contributed by atoms with Crippen LogP contribution in [0.5, 0.6) is 5.75 Å². The van der Waals surface area contributed by atoms with Gasteiger partial charge in [-0.25, -0.2) is 4.79 Å². The molecule has 7 nitrogen and oxygen atoms in total. The Labute approximate surface area is 193 Å². The van der Waals surface area contributed by atoms with Crippen molar-refractivity contribution in [2.24, 2.45) is 0 Å². The average molecular weight is 447 g/mol. The van der Waals surface area contributed by atoms with Crippen LogP contribution < -0.4 is 10.1 Å². The molecule has 5 rings (SSSR count). The van der Waals surface area contributed by atoms with E-state index in [0.29, 0.717) is 45.8 Å². The minimum Gasteiger partial charge on any atom is -0.492 e. The Morgan fingerprint density at radius 1 is 0.970 bits per heavy atom. The van der Waals surface area contributed by atoms with Crippen LogP contribution in [0.15, 0.2) is 48.7 Å². The Kier molecular flexibility index (Phi) is 6.19. The molecular formula is C26H30N4O3. The molecule has 7 heteroatoms. The van der Waals surface area contributed by atoms with Crippen molar-refractivity contribution in [1.82, 2.24) is 20.1 Å². The molecule has 3 aromatic rings. The van der Waals surface area contributed by atoms with E-state index in [1.54, 1.807) is 4.90 Å². The number of urea groups is 1. The van der Waals surface area contributed by atoms with E-state index in [1.807, 2.05) is 41.4 Å². The van der Waals surface area contributed by atoms with Crippen molar-refractivity contribution in [1.29, 1.82) is 0 Å². The Bertz CT molecular complexity index is 1150. The number of carbonyl (C=O) groups excluding carboxylic acids is 2. The molecule has 0 saturated carbocycles. The maximum Gasteiger partial charge on any atom is 0.317 e. The van der Waals surface area contributed by atoms with Crippen molar-refractivity contribution in [3.63, 3.8) is 0 Å². The number of piperazine rings is 1. The highest BCUT2D eigenvalue weighted by molar-refractivity contribution is 5.89. The first-order valence-electron chi connectivity index (χ1n) is 11.8. The number of para-hydroxylation sites is 1. The van der Waals surface area contributed by atoms with Crippen LogP contribution in [0.3, 0.4) is 0 Å². The first-order valence-corrected chi connectivity index (χ1v) is 11.8. The second-order valence-corrected chi connectivity index (χ2v) is 8.77. The van der Waals surface area contributed by atoms with Gasteiger partial charge < -0.3 is 24.8 Å². The normalized spacial score (nSPS) is 15.5. The third kappa shape index (κ3) is 4.82. The zero-order valence-corrected chi connectivity index (χ0v) is 18.8. The third-order valence-corrected chi connectivity index (χ3v) is 6.65. The number of aryl methyl sites for hydroxylation is 2. The summed E-state index contributed by atoms with van der Waals surface area (Å²) in [5.74, 6) is 0.967. The van der Waals surface area contributed by atoms with E-state index >= 15 is 0 Å². The maximum atomic E-state index is 12.8. The molecule has 0 radical (unpaired) electrons. The van der Waals surface area contributed by atoms with Gasteiger partial charge in [0.2, 0.25) is 5.91 Å². The molecule has 1 saturated heterocycles. The summed E-state index contributed by atoms with van der Waals surface area (Å²) in [6.45, 7) is 3.08. The molecule has 2 heterocycles. The summed E-state index contributed by atoms with van der Waals surface area (Å²) in [4.78, 5) is 32.1. The van der Waals surface area contributed by atoms with Crippen LogP contribution >= 0.6 is 0 Å². The number of H-pyrrole nitrogens is 1. The van der Waals surface area contributed by atoms with E-state index < -0.39 is 0 Å². The number of nitrogens with one attached hydrogen (secondary N) is 2. The van der Waals surface area contributed by atoms with Gasteiger partial charge in [0.15, 0.2) is 0 Å². The van der Waals surface area contributed by atoms with Crippen molar-refractivity contribution in [2.75, 3.05) is 39.3 Å². The van der Waals surface area contributed by atoms with Gasteiger partial charge in [-0.2, -0.15) is 0 Å². The zero-order valence-electron chi connectivity index (χ0n) is 18.8. The number of hydrogen-bond acceptors (Lipinski definition) is 3. The van der Waals surface area contributed by atoms with Gasteiger partial charge >= 0.3 is 6.03 Å². The van der Waals surface area contributed by atoms with E-state index in [4.69, 9.17) is 4.74 Å². The molecule has 3 amide bonds. The molecule has 0 bridgehead atoms. The molecule has 0 unspecified atom stereocenters. The standard InChI is InChI=1S/C26H30N4O3/c31-25(17-21-18-28-24-7-2-1-6-23(21)24)29-11-13-30(14-12-29)26(32)27-10-15-33-22-9-8-19-4-3-5-20(19)16-22/h1-2,6-9,16,18,28H,3-5,10-15,17H2,(H,27,32). The number of ether oxygens (including phenoxy) is 1. The van der Waals surface area contributed by atoms with Crippen LogP contribution in [-0.2, 0) is 24.1 Å². The van der Waals surface area contributed by atoms with Gasteiger partial charge in [-0.1, -0.05) is 24.3 Å². The van der Waals surface area contributed by atoms with Crippen molar-refractivity contribution in [3.8, 4) is 5.75 Å². The van der Waals surface area contributed by atoms with Crippen LogP contribution in [0, 0.1) is 0 Å². The number of aromatic amines is 1. The lowest BCUT2D eigenvalue weighted by atomic mass is 10.1. The molecule has 0 spiro atoms. The molecule has 1 aliphatic carbocycles. The Morgan fingerprint density at radius 2 is 1.76 bits per heavy atom. The van der Waals surface area contributed by atoms with Crippen LogP contribution in [0.4, 0.5) is 4.79 Å². The number of hydrogen-bond donors (Lipinski definition) is 2. The monoisotopic (exact) mass is 446 g/mol. The van der Waals surface area contributed by atoms with Crippen LogP contribution in [0.2, 0.25) is 0 Å². The number of benzene rings is 2. The molecule has 1 fully saturated rings. The Hall–Kier alpha value is -3.48.